The van der Waals surface area contributed by atoms with E-state index in [1.165, 1.54) is 36.4 Å². The summed E-state index contributed by atoms with van der Waals surface area (Å²) in [6.07, 6.45) is 0.553. The van der Waals surface area contributed by atoms with E-state index in [1.807, 2.05) is 6.07 Å². The van der Waals surface area contributed by atoms with Crippen LogP contribution in [0.15, 0.2) is 82.8 Å². The zero-order valence-electron chi connectivity index (χ0n) is 16.0. The highest BCUT2D eigenvalue weighted by Crippen LogP contribution is 2.27. The van der Waals surface area contributed by atoms with E-state index in [0.29, 0.717) is 17.1 Å². The first-order valence-corrected chi connectivity index (χ1v) is 11.1. The zero-order chi connectivity index (χ0) is 22.0. The summed E-state index contributed by atoms with van der Waals surface area (Å²) in [6, 6.07) is 19.0. The Morgan fingerprint density at radius 1 is 1.06 bits per heavy atom. The van der Waals surface area contributed by atoms with Crippen molar-refractivity contribution in [3.8, 4) is 0 Å². The number of nitro benzene ring substituents is 1. The lowest BCUT2D eigenvalue weighted by Crippen LogP contribution is -2.13. The van der Waals surface area contributed by atoms with Crippen molar-refractivity contribution in [2.24, 2.45) is 5.10 Å². The molecule has 0 aliphatic carbocycles. The summed E-state index contributed by atoms with van der Waals surface area (Å²) in [5.41, 5.74) is 5.85. The number of nitrogens with zero attached hydrogens (tertiary/aromatic N) is 2. The number of nitrogens with one attached hydrogen (secondary N) is 2. The van der Waals surface area contributed by atoms with Gasteiger partial charge in [-0.05, 0) is 47.5 Å². The quantitative estimate of drug-likeness (QED) is 0.419. The highest BCUT2D eigenvalue weighted by atomic mass is 35.5. The number of hydrogen-bond donors (Lipinski definition) is 2. The predicted octanol–water partition coefficient (Wildman–Crippen LogP) is 4.49. The lowest BCUT2D eigenvalue weighted by molar-refractivity contribution is -0.384. The van der Waals surface area contributed by atoms with Gasteiger partial charge in [-0.2, -0.15) is 5.10 Å². The van der Waals surface area contributed by atoms with E-state index >= 15 is 0 Å². The molecule has 4 rings (SSSR count). The summed E-state index contributed by atoms with van der Waals surface area (Å²) < 4.78 is 27.5. The van der Waals surface area contributed by atoms with Crippen LogP contribution in [0.5, 0.6) is 0 Å². The molecule has 1 atom stereocenters. The molecule has 2 N–H and O–H groups in total. The van der Waals surface area contributed by atoms with Crippen molar-refractivity contribution in [1.29, 1.82) is 0 Å². The molecule has 0 saturated carbocycles. The number of hydrogen-bond acceptors (Lipinski definition) is 6. The van der Waals surface area contributed by atoms with Crippen LogP contribution in [0.4, 0.5) is 11.4 Å². The van der Waals surface area contributed by atoms with E-state index in [-0.39, 0.29) is 16.6 Å². The monoisotopic (exact) mass is 456 g/mol. The van der Waals surface area contributed by atoms with E-state index in [4.69, 9.17) is 11.6 Å². The molecule has 0 aromatic heterocycles. The Morgan fingerprint density at radius 3 is 2.45 bits per heavy atom. The molecule has 8 nitrogen and oxygen atoms in total. The second-order valence-electron chi connectivity index (χ2n) is 6.93. The maximum atomic E-state index is 12.5. The van der Waals surface area contributed by atoms with Crippen LogP contribution in [0.3, 0.4) is 0 Å². The summed E-state index contributed by atoms with van der Waals surface area (Å²) >= 11 is 5.81. The summed E-state index contributed by atoms with van der Waals surface area (Å²) in [4.78, 5) is 10.7. The number of halogens is 1. The van der Waals surface area contributed by atoms with Gasteiger partial charge in [-0.15, -0.1) is 0 Å². The van der Waals surface area contributed by atoms with Crippen molar-refractivity contribution in [3.05, 3.63) is 99.1 Å². The van der Waals surface area contributed by atoms with Gasteiger partial charge in [-0.3, -0.25) is 14.8 Å². The van der Waals surface area contributed by atoms with Gasteiger partial charge < -0.3 is 5.43 Å². The molecule has 0 amide bonds. The zero-order valence-corrected chi connectivity index (χ0v) is 17.6. The average molecular weight is 457 g/mol. The Balaban J connectivity index is 1.45. The van der Waals surface area contributed by atoms with Crippen molar-refractivity contribution < 1.29 is 13.3 Å². The molecule has 0 fully saturated rings. The van der Waals surface area contributed by atoms with E-state index in [9.17, 15) is 18.5 Å². The Bertz CT molecular complexity index is 1260. The Morgan fingerprint density at radius 2 is 1.77 bits per heavy atom. The van der Waals surface area contributed by atoms with Crippen molar-refractivity contribution in [3.63, 3.8) is 0 Å². The molecule has 0 spiro atoms. The second-order valence-corrected chi connectivity index (χ2v) is 9.05. The van der Waals surface area contributed by atoms with Gasteiger partial charge in [0.25, 0.3) is 15.7 Å². The fraction of sp³-hybridized carbons (Fsp3) is 0.0952. The van der Waals surface area contributed by atoms with Crippen molar-refractivity contribution in [1.82, 2.24) is 5.43 Å². The Labute approximate surface area is 183 Å². The van der Waals surface area contributed by atoms with E-state index in [0.717, 1.165) is 16.8 Å². The molecule has 0 saturated heterocycles. The lowest BCUT2D eigenvalue weighted by atomic mass is 9.99. The van der Waals surface area contributed by atoms with Crippen LogP contribution in [0.25, 0.3) is 0 Å². The van der Waals surface area contributed by atoms with Crippen LogP contribution in [0.1, 0.15) is 23.6 Å². The minimum absolute atomic E-state index is 0.0325. The fourth-order valence-electron chi connectivity index (χ4n) is 3.23. The van der Waals surface area contributed by atoms with Gasteiger partial charge in [0.1, 0.15) is 0 Å². The molecule has 158 valence electrons. The van der Waals surface area contributed by atoms with Gasteiger partial charge in [0, 0.05) is 29.3 Å². The number of anilines is 1. The van der Waals surface area contributed by atoms with E-state index in [2.05, 4.69) is 15.2 Å². The number of benzene rings is 3. The second kappa shape index (κ2) is 8.37. The van der Waals surface area contributed by atoms with Crippen molar-refractivity contribution in [2.45, 2.75) is 17.4 Å². The normalized spacial score (nSPS) is 15.8. The topological polar surface area (TPSA) is 114 Å². The molecule has 0 radical (unpaired) electrons. The maximum Gasteiger partial charge on any atom is 0.269 e. The molecular weight excluding hydrogens is 440 g/mol. The molecule has 1 heterocycles. The van der Waals surface area contributed by atoms with E-state index < -0.39 is 14.9 Å². The van der Waals surface area contributed by atoms with Gasteiger partial charge in [-0.25, -0.2) is 8.42 Å². The molecule has 3 aromatic carbocycles. The number of rotatable bonds is 6. The van der Waals surface area contributed by atoms with Gasteiger partial charge in [-0.1, -0.05) is 35.9 Å². The smallest absolute Gasteiger partial charge is 0.269 e. The van der Waals surface area contributed by atoms with Crippen LogP contribution < -0.4 is 10.1 Å². The van der Waals surface area contributed by atoms with Crippen LogP contribution in [0.2, 0.25) is 5.02 Å². The highest BCUT2D eigenvalue weighted by Gasteiger charge is 2.23. The van der Waals surface area contributed by atoms with E-state index in [1.54, 1.807) is 30.3 Å². The SMILES string of the molecule is O=[N+]([O-])c1cccc(C2CC(c3ccc(NS(=O)(=O)c4ccc(Cl)cc4)cc3)=NN2)c1. The molecule has 1 unspecified atom stereocenters. The predicted molar refractivity (Wildman–Crippen MR) is 119 cm³/mol. The summed E-state index contributed by atoms with van der Waals surface area (Å²) in [6.45, 7) is 0. The van der Waals surface area contributed by atoms with Crippen LogP contribution in [-0.2, 0) is 10.0 Å². The molecule has 1 aliphatic heterocycles. The molecule has 0 bridgehead atoms. The fourth-order valence-corrected chi connectivity index (χ4v) is 4.41. The number of non-ortho nitro benzene ring substituents is 1. The number of sulfonamides is 1. The van der Waals surface area contributed by atoms with Crippen LogP contribution in [-0.4, -0.2) is 19.1 Å². The van der Waals surface area contributed by atoms with Crippen molar-refractivity contribution in [2.75, 3.05) is 4.72 Å². The summed E-state index contributed by atoms with van der Waals surface area (Å²) in [5, 5.41) is 15.8. The molecule has 3 aromatic rings. The summed E-state index contributed by atoms with van der Waals surface area (Å²) in [7, 11) is -3.72. The maximum absolute atomic E-state index is 12.5. The molecular formula is C21H17ClN4O4S. The first kappa shape index (κ1) is 20.8. The minimum atomic E-state index is -3.72. The molecule has 31 heavy (non-hydrogen) atoms. The third-order valence-electron chi connectivity index (χ3n) is 4.83. The Kier molecular flexibility index (Phi) is 5.62. The van der Waals surface area contributed by atoms with Gasteiger partial charge in [0.15, 0.2) is 0 Å². The number of nitro groups is 1. The third-order valence-corrected chi connectivity index (χ3v) is 6.48. The first-order chi connectivity index (χ1) is 14.8. The Hall–Kier alpha value is -3.43. The lowest BCUT2D eigenvalue weighted by Gasteiger charge is -2.10. The van der Waals surface area contributed by atoms with Crippen LogP contribution in [0, 0.1) is 10.1 Å². The standard InChI is InChI=1S/C21H17ClN4O4S/c22-16-6-10-19(11-7-16)31(29,30)25-17-8-4-14(5-9-17)20-13-21(24-23-20)15-2-1-3-18(12-15)26(27)28/h1-12,21,24-25H,13H2. The minimum Gasteiger partial charge on any atom is -0.302 e. The highest BCUT2D eigenvalue weighted by molar-refractivity contribution is 7.92. The summed E-state index contributed by atoms with van der Waals surface area (Å²) in [5.74, 6) is 0. The van der Waals surface area contributed by atoms with Crippen molar-refractivity contribution >= 4 is 38.7 Å². The van der Waals surface area contributed by atoms with Gasteiger partial charge >= 0.3 is 0 Å². The van der Waals surface area contributed by atoms with Crippen LogP contribution >= 0.6 is 11.6 Å². The first-order valence-electron chi connectivity index (χ1n) is 9.27. The molecule has 10 heteroatoms. The molecule has 1 aliphatic rings. The number of hydrazone groups is 1. The average Bonchev–Trinajstić information content (AvgIpc) is 3.25. The third kappa shape index (κ3) is 4.68. The van der Waals surface area contributed by atoms with Gasteiger partial charge in [0.05, 0.1) is 21.6 Å². The largest absolute Gasteiger partial charge is 0.302 e. The van der Waals surface area contributed by atoms with Gasteiger partial charge in [0.2, 0.25) is 0 Å².